The molecule has 4 rings (SSSR count). The van der Waals surface area contributed by atoms with Crippen LogP contribution in [-0.2, 0) is 10.0 Å². The number of sulfonamides is 1. The van der Waals surface area contributed by atoms with E-state index in [1.54, 1.807) is 50.4 Å². The predicted octanol–water partition coefficient (Wildman–Crippen LogP) is 6.00. The Kier molecular flexibility index (Phi) is 7.94. The maximum Gasteiger partial charge on any atom is 0.248 e. The average Bonchev–Trinajstić information content (AvgIpc) is 3.66. The first kappa shape index (κ1) is 26.5. The molecule has 1 aliphatic rings. The molecule has 0 saturated heterocycles. The summed E-state index contributed by atoms with van der Waals surface area (Å²) in [4.78, 5) is 4.20. The molecule has 4 N–H and O–H groups in total. The van der Waals surface area contributed by atoms with Crippen LogP contribution in [0.25, 0.3) is 11.1 Å². The number of rotatable bonds is 10. The number of hydrogen-bond acceptors (Lipinski definition) is 6. The molecule has 0 radical (unpaired) electrons. The molecular weight excluding hydrogens is 526 g/mol. The highest BCUT2D eigenvalue weighted by atomic mass is 35.5. The van der Waals surface area contributed by atoms with E-state index in [9.17, 15) is 12.8 Å². The zero-order chi connectivity index (χ0) is 26.0. The number of ether oxygens (including phenoxy) is 1. The summed E-state index contributed by atoms with van der Waals surface area (Å²) in [5.74, 6) is 0.397. The molecule has 36 heavy (non-hydrogen) atoms. The van der Waals surface area contributed by atoms with Crippen LogP contribution in [0, 0.1) is 11.7 Å². The van der Waals surface area contributed by atoms with Crippen LogP contribution in [0.4, 0.5) is 15.9 Å². The summed E-state index contributed by atoms with van der Waals surface area (Å²) >= 11 is 12.3. The summed E-state index contributed by atoms with van der Waals surface area (Å²) in [6.07, 6.45) is 3.17. The van der Waals surface area contributed by atoms with Crippen molar-refractivity contribution in [1.82, 2.24) is 10.3 Å². The molecule has 1 saturated carbocycles. The van der Waals surface area contributed by atoms with E-state index >= 15 is 0 Å². The first-order valence-corrected chi connectivity index (χ1v) is 13.8. The van der Waals surface area contributed by atoms with Crippen molar-refractivity contribution in [3.8, 4) is 16.9 Å². The maximum atomic E-state index is 13.9. The van der Waals surface area contributed by atoms with Gasteiger partial charge in [-0.1, -0.05) is 35.3 Å². The van der Waals surface area contributed by atoms with E-state index in [1.807, 2.05) is 0 Å². The van der Waals surface area contributed by atoms with Crippen molar-refractivity contribution >= 4 is 44.7 Å². The number of nitrogens with zero attached hydrogens (tertiary/aromatic N) is 1. The molecule has 1 aliphatic carbocycles. The number of nitrogen functional groups attached to an aromatic ring is 1. The first-order chi connectivity index (χ1) is 17.0. The summed E-state index contributed by atoms with van der Waals surface area (Å²) in [6.45, 7) is 4.01. The van der Waals surface area contributed by atoms with Gasteiger partial charge in [0.2, 0.25) is 10.0 Å². The molecule has 192 valence electrons. The molecule has 0 amide bonds. The molecule has 0 aliphatic heterocycles. The van der Waals surface area contributed by atoms with Gasteiger partial charge in [-0.3, -0.25) is 10.0 Å². The fourth-order valence-electron chi connectivity index (χ4n) is 3.62. The van der Waals surface area contributed by atoms with Crippen LogP contribution in [0.3, 0.4) is 0 Å². The Hall–Kier alpha value is -2.59. The van der Waals surface area contributed by atoms with Gasteiger partial charge in [0.15, 0.2) is 11.6 Å². The highest BCUT2D eigenvalue weighted by Crippen LogP contribution is 2.37. The Morgan fingerprint density at radius 2 is 1.83 bits per heavy atom. The molecule has 1 aromatic heterocycles. The van der Waals surface area contributed by atoms with Crippen molar-refractivity contribution < 1.29 is 17.5 Å². The lowest BCUT2D eigenvalue weighted by molar-refractivity contribution is 0.227. The van der Waals surface area contributed by atoms with E-state index in [0.717, 1.165) is 18.4 Å². The molecule has 2 unspecified atom stereocenters. The minimum Gasteiger partial charge on any atom is -0.482 e. The molecule has 1 fully saturated rings. The van der Waals surface area contributed by atoms with Crippen molar-refractivity contribution in [2.45, 2.75) is 38.2 Å². The van der Waals surface area contributed by atoms with Crippen LogP contribution in [0.1, 0.15) is 38.4 Å². The standard InChI is InChI=1S/C25H27Cl2FN4O3S/c1-14(23-20(26)9-10-21(28)24(23)27)35-22-11-18(13-31-25(22)29)17-5-7-19(8-6-17)32-36(33,34)15(2)30-12-16-3-4-16/h5-11,13-16,30,32H,3-4,12H2,1-2H3,(H2,29,31). The minimum atomic E-state index is -3.58. The van der Waals surface area contributed by atoms with Crippen LogP contribution < -0.4 is 20.5 Å². The fraction of sp³-hybridized carbons (Fsp3) is 0.320. The molecule has 2 atom stereocenters. The van der Waals surface area contributed by atoms with Gasteiger partial charge in [0.25, 0.3) is 0 Å². The Labute approximate surface area is 220 Å². The number of aromatic nitrogens is 1. The van der Waals surface area contributed by atoms with Crippen molar-refractivity contribution in [2.75, 3.05) is 17.0 Å². The van der Waals surface area contributed by atoms with Crippen LogP contribution in [-0.4, -0.2) is 25.3 Å². The van der Waals surface area contributed by atoms with Crippen molar-refractivity contribution in [2.24, 2.45) is 5.92 Å². The van der Waals surface area contributed by atoms with Gasteiger partial charge in [-0.2, -0.15) is 0 Å². The molecule has 2 aromatic carbocycles. The third-order valence-electron chi connectivity index (χ3n) is 6.01. The highest BCUT2D eigenvalue weighted by molar-refractivity contribution is 7.93. The van der Waals surface area contributed by atoms with E-state index in [2.05, 4.69) is 15.0 Å². The first-order valence-electron chi connectivity index (χ1n) is 11.5. The van der Waals surface area contributed by atoms with E-state index in [1.165, 1.54) is 12.1 Å². The Bertz CT molecular complexity index is 1350. The third-order valence-corrected chi connectivity index (χ3v) is 8.34. The summed E-state index contributed by atoms with van der Waals surface area (Å²) < 4.78 is 47.7. The molecule has 0 spiro atoms. The molecule has 1 heterocycles. The van der Waals surface area contributed by atoms with E-state index in [4.69, 9.17) is 33.7 Å². The molecule has 3 aromatic rings. The van der Waals surface area contributed by atoms with Crippen LogP contribution in [0.5, 0.6) is 5.75 Å². The second-order valence-electron chi connectivity index (χ2n) is 8.84. The molecule has 7 nitrogen and oxygen atoms in total. The number of halogens is 3. The monoisotopic (exact) mass is 552 g/mol. The predicted molar refractivity (Wildman–Crippen MR) is 142 cm³/mol. The Morgan fingerprint density at radius 3 is 2.50 bits per heavy atom. The lowest BCUT2D eigenvalue weighted by atomic mass is 10.1. The summed E-state index contributed by atoms with van der Waals surface area (Å²) in [5.41, 5.74) is 8.22. The number of hydrogen-bond donors (Lipinski definition) is 3. The van der Waals surface area contributed by atoms with Gasteiger partial charge in [0, 0.05) is 28.0 Å². The number of benzene rings is 2. The van der Waals surface area contributed by atoms with Gasteiger partial charge in [0.05, 0.1) is 5.02 Å². The lowest BCUT2D eigenvalue weighted by Gasteiger charge is -2.19. The fourth-order valence-corrected chi connectivity index (χ4v) is 5.25. The van der Waals surface area contributed by atoms with Gasteiger partial charge >= 0.3 is 0 Å². The smallest absolute Gasteiger partial charge is 0.248 e. The zero-order valence-electron chi connectivity index (χ0n) is 19.8. The number of anilines is 2. The Morgan fingerprint density at radius 1 is 1.14 bits per heavy atom. The van der Waals surface area contributed by atoms with Crippen LogP contribution in [0.15, 0.2) is 48.7 Å². The highest BCUT2D eigenvalue weighted by Gasteiger charge is 2.26. The quantitative estimate of drug-likeness (QED) is 0.266. The van der Waals surface area contributed by atoms with Crippen LogP contribution >= 0.6 is 23.2 Å². The van der Waals surface area contributed by atoms with Crippen molar-refractivity contribution in [3.05, 3.63) is 70.1 Å². The Balaban J connectivity index is 1.48. The topological polar surface area (TPSA) is 106 Å². The van der Waals surface area contributed by atoms with Gasteiger partial charge in [-0.05, 0) is 75.0 Å². The van der Waals surface area contributed by atoms with Gasteiger partial charge in [0.1, 0.15) is 17.3 Å². The SMILES string of the molecule is CC(Oc1cc(-c2ccc(NS(=O)(=O)C(C)NCC3CC3)cc2)cnc1N)c1c(Cl)ccc(F)c1Cl. The summed E-state index contributed by atoms with van der Waals surface area (Å²) in [7, 11) is -3.58. The average molecular weight is 553 g/mol. The van der Waals surface area contributed by atoms with E-state index < -0.39 is 27.3 Å². The molecule has 0 bridgehead atoms. The van der Waals surface area contributed by atoms with Crippen LogP contribution in [0.2, 0.25) is 10.0 Å². The van der Waals surface area contributed by atoms with Crippen molar-refractivity contribution in [1.29, 1.82) is 0 Å². The molecular formula is C25H27Cl2FN4O3S. The zero-order valence-corrected chi connectivity index (χ0v) is 22.1. The maximum absolute atomic E-state index is 13.9. The van der Waals surface area contributed by atoms with Crippen molar-refractivity contribution in [3.63, 3.8) is 0 Å². The third kappa shape index (κ3) is 6.21. The number of pyridine rings is 1. The molecule has 11 heteroatoms. The number of nitrogens with two attached hydrogens (primary N) is 1. The summed E-state index contributed by atoms with van der Waals surface area (Å²) in [5, 5.41) is 2.51. The largest absolute Gasteiger partial charge is 0.482 e. The second-order valence-corrected chi connectivity index (χ2v) is 11.6. The second kappa shape index (κ2) is 10.8. The normalized spacial score (nSPS) is 15.4. The number of nitrogens with one attached hydrogen (secondary N) is 2. The van der Waals surface area contributed by atoms with Gasteiger partial charge in [-0.15, -0.1) is 0 Å². The lowest BCUT2D eigenvalue weighted by Crippen LogP contribution is -2.38. The van der Waals surface area contributed by atoms with E-state index in [-0.39, 0.29) is 21.6 Å². The minimum absolute atomic E-state index is 0.118. The summed E-state index contributed by atoms with van der Waals surface area (Å²) in [6, 6.07) is 11.2. The van der Waals surface area contributed by atoms with E-state index in [0.29, 0.717) is 29.3 Å². The van der Waals surface area contributed by atoms with Gasteiger partial charge in [-0.25, -0.2) is 17.8 Å². The van der Waals surface area contributed by atoms with Gasteiger partial charge < -0.3 is 10.5 Å².